The zero-order chi connectivity index (χ0) is 21.0. The maximum atomic E-state index is 10.6. The van der Waals surface area contributed by atoms with Gasteiger partial charge in [-0.1, -0.05) is 42.5 Å². The highest BCUT2D eigenvalue weighted by molar-refractivity contribution is 5.27. The van der Waals surface area contributed by atoms with Crippen LogP contribution in [0, 0.1) is 0 Å². The number of methoxy groups -OCH3 is 1. The molecule has 6 nitrogen and oxygen atoms in total. The fourth-order valence-corrected chi connectivity index (χ4v) is 3.57. The number of rotatable bonds is 12. The van der Waals surface area contributed by atoms with Crippen molar-refractivity contribution >= 4 is 0 Å². The Kier molecular flexibility index (Phi) is 9.60. The minimum atomic E-state index is -0.531. The first-order valence-electron chi connectivity index (χ1n) is 10.7. The van der Waals surface area contributed by atoms with Crippen molar-refractivity contribution in [2.45, 2.75) is 19.3 Å². The molecule has 0 aliphatic carbocycles. The molecule has 0 unspecified atom stereocenters. The summed E-state index contributed by atoms with van der Waals surface area (Å²) < 4.78 is 16.4. The molecule has 1 saturated heterocycles. The van der Waals surface area contributed by atoms with E-state index in [1.807, 2.05) is 42.5 Å². The molecule has 1 heterocycles. The number of hydrogen-bond donors (Lipinski definition) is 1. The minimum absolute atomic E-state index is 0.325. The van der Waals surface area contributed by atoms with Crippen LogP contribution in [-0.2, 0) is 22.6 Å². The summed E-state index contributed by atoms with van der Waals surface area (Å²) in [6.07, 6.45) is -0.531. The molecule has 0 saturated carbocycles. The van der Waals surface area contributed by atoms with Gasteiger partial charge in [-0.15, -0.1) is 0 Å². The average Bonchev–Trinajstić information content (AvgIpc) is 2.79. The van der Waals surface area contributed by atoms with Gasteiger partial charge < -0.3 is 19.3 Å². The molecule has 164 valence electrons. The summed E-state index contributed by atoms with van der Waals surface area (Å²) >= 11 is 0. The molecule has 0 spiro atoms. The lowest BCUT2D eigenvalue weighted by molar-refractivity contribution is 0.00211. The van der Waals surface area contributed by atoms with E-state index in [-0.39, 0.29) is 0 Å². The minimum Gasteiger partial charge on any atom is -0.497 e. The molecule has 2 aromatic rings. The van der Waals surface area contributed by atoms with Crippen molar-refractivity contribution in [3.8, 4) is 5.75 Å². The average molecular weight is 415 g/mol. The van der Waals surface area contributed by atoms with Gasteiger partial charge >= 0.3 is 0 Å². The van der Waals surface area contributed by atoms with Gasteiger partial charge in [-0.25, -0.2) is 0 Å². The quantitative estimate of drug-likeness (QED) is 0.576. The number of benzene rings is 2. The molecular formula is C24H34N2O4. The van der Waals surface area contributed by atoms with Gasteiger partial charge in [0.25, 0.3) is 0 Å². The molecule has 1 aliphatic heterocycles. The third-order valence-electron chi connectivity index (χ3n) is 5.29. The Bertz CT molecular complexity index is 705. The summed E-state index contributed by atoms with van der Waals surface area (Å²) in [5, 5.41) is 10.6. The second kappa shape index (κ2) is 12.7. The van der Waals surface area contributed by atoms with Gasteiger partial charge in [0.15, 0.2) is 0 Å². The van der Waals surface area contributed by atoms with E-state index in [0.29, 0.717) is 19.8 Å². The van der Waals surface area contributed by atoms with Crippen LogP contribution >= 0.6 is 0 Å². The van der Waals surface area contributed by atoms with Crippen molar-refractivity contribution in [1.82, 2.24) is 9.80 Å². The Balaban J connectivity index is 1.50. The third kappa shape index (κ3) is 8.05. The van der Waals surface area contributed by atoms with Crippen LogP contribution < -0.4 is 4.74 Å². The molecule has 6 heteroatoms. The summed E-state index contributed by atoms with van der Waals surface area (Å²) in [6.45, 7) is 7.60. The third-order valence-corrected chi connectivity index (χ3v) is 5.29. The maximum absolute atomic E-state index is 10.6. The Morgan fingerprint density at radius 1 is 1.03 bits per heavy atom. The predicted molar refractivity (Wildman–Crippen MR) is 118 cm³/mol. The van der Waals surface area contributed by atoms with E-state index in [4.69, 9.17) is 14.2 Å². The van der Waals surface area contributed by atoms with Crippen LogP contribution in [0.4, 0.5) is 0 Å². The molecule has 1 fully saturated rings. The monoisotopic (exact) mass is 414 g/mol. The van der Waals surface area contributed by atoms with E-state index in [2.05, 4.69) is 21.9 Å². The van der Waals surface area contributed by atoms with Gasteiger partial charge in [0.2, 0.25) is 0 Å². The fraction of sp³-hybridized carbons (Fsp3) is 0.500. The zero-order valence-electron chi connectivity index (χ0n) is 17.9. The number of aliphatic hydroxyl groups is 1. The second-order valence-corrected chi connectivity index (χ2v) is 7.69. The summed E-state index contributed by atoms with van der Waals surface area (Å²) in [5.41, 5.74) is 2.32. The van der Waals surface area contributed by atoms with Gasteiger partial charge in [0.1, 0.15) is 5.75 Å². The second-order valence-electron chi connectivity index (χ2n) is 7.69. The summed E-state index contributed by atoms with van der Waals surface area (Å²) in [6, 6.07) is 18.2. The van der Waals surface area contributed by atoms with E-state index < -0.39 is 6.10 Å². The summed E-state index contributed by atoms with van der Waals surface area (Å²) in [5.74, 6) is 0.855. The largest absolute Gasteiger partial charge is 0.497 e. The number of morpholine rings is 1. The topological polar surface area (TPSA) is 54.4 Å². The molecule has 3 rings (SSSR count). The maximum Gasteiger partial charge on any atom is 0.118 e. The van der Waals surface area contributed by atoms with E-state index in [0.717, 1.165) is 57.3 Å². The number of ether oxygens (including phenoxy) is 3. The van der Waals surface area contributed by atoms with Gasteiger partial charge in [-0.05, 0) is 23.3 Å². The zero-order valence-corrected chi connectivity index (χ0v) is 17.9. The molecule has 30 heavy (non-hydrogen) atoms. The molecule has 0 bridgehead atoms. The van der Waals surface area contributed by atoms with Gasteiger partial charge in [-0.2, -0.15) is 0 Å². The van der Waals surface area contributed by atoms with Crippen LogP contribution in [0.3, 0.4) is 0 Å². The lowest BCUT2D eigenvalue weighted by Gasteiger charge is -2.31. The van der Waals surface area contributed by atoms with Gasteiger partial charge in [0.05, 0.1) is 39.6 Å². The number of aliphatic hydroxyl groups excluding tert-OH is 1. The van der Waals surface area contributed by atoms with Gasteiger partial charge in [0, 0.05) is 39.3 Å². The van der Waals surface area contributed by atoms with Crippen molar-refractivity contribution in [3.63, 3.8) is 0 Å². The van der Waals surface area contributed by atoms with Crippen LogP contribution in [0.15, 0.2) is 54.6 Å². The molecular weight excluding hydrogens is 380 g/mol. The predicted octanol–water partition coefficient (Wildman–Crippen LogP) is 2.41. The highest BCUT2D eigenvalue weighted by atomic mass is 16.5. The number of hydrogen-bond acceptors (Lipinski definition) is 6. The molecule has 0 amide bonds. The molecule has 2 aromatic carbocycles. The van der Waals surface area contributed by atoms with Crippen molar-refractivity contribution < 1.29 is 19.3 Å². The van der Waals surface area contributed by atoms with E-state index in [1.54, 1.807) is 7.11 Å². The van der Waals surface area contributed by atoms with Crippen molar-refractivity contribution in [1.29, 1.82) is 0 Å². The molecule has 0 aromatic heterocycles. The normalized spacial score (nSPS) is 16.0. The fourth-order valence-electron chi connectivity index (χ4n) is 3.57. The Morgan fingerprint density at radius 3 is 2.47 bits per heavy atom. The first kappa shape index (κ1) is 22.7. The van der Waals surface area contributed by atoms with Crippen molar-refractivity contribution in [2.24, 2.45) is 0 Å². The van der Waals surface area contributed by atoms with Crippen LogP contribution in [0.1, 0.15) is 11.1 Å². The van der Waals surface area contributed by atoms with Crippen molar-refractivity contribution in [2.75, 3.05) is 59.7 Å². The van der Waals surface area contributed by atoms with Crippen LogP contribution in [0.5, 0.6) is 5.75 Å². The number of nitrogens with zero attached hydrogens (tertiary/aromatic N) is 2. The smallest absolute Gasteiger partial charge is 0.118 e. The van der Waals surface area contributed by atoms with Gasteiger partial charge in [-0.3, -0.25) is 9.80 Å². The first-order valence-corrected chi connectivity index (χ1v) is 10.7. The standard InChI is InChI=1S/C24H34N2O4/c1-28-24-9-7-21(8-10-24)17-26(12-11-25-13-15-29-16-14-25)18-23(27)20-30-19-22-5-3-2-4-6-22/h2-10,23,27H,11-20H2,1H3/t23-/m0/s1. The molecule has 1 aliphatic rings. The lowest BCUT2D eigenvalue weighted by Crippen LogP contribution is -2.43. The SMILES string of the molecule is COc1ccc(CN(CCN2CCOCC2)C[C@H](O)COCc2ccccc2)cc1. The molecule has 1 N–H and O–H groups in total. The van der Waals surface area contributed by atoms with Crippen LogP contribution in [0.2, 0.25) is 0 Å². The van der Waals surface area contributed by atoms with Crippen LogP contribution in [0.25, 0.3) is 0 Å². The summed E-state index contributed by atoms with van der Waals surface area (Å²) in [4.78, 5) is 4.72. The van der Waals surface area contributed by atoms with E-state index >= 15 is 0 Å². The first-order chi connectivity index (χ1) is 14.7. The Morgan fingerprint density at radius 2 is 1.77 bits per heavy atom. The highest BCUT2D eigenvalue weighted by Crippen LogP contribution is 2.14. The lowest BCUT2D eigenvalue weighted by atomic mass is 10.2. The van der Waals surface area contributed by atoms with E-state index in [1.165, 1.54) is 5.56 Å². The highest BCUT2D eigenvalue weighted by Gasteiger charge is 2.16. The summed E-state index contributed by atoms with van der Waals surface area (Å²) in [7, 11) is 1.68. The van der Waals surface area contributed by atoms with Crippen LogP contribution in [-0.4, -0.2) is 80.7 Å². The Hall–Kier alpha value is -1.96. The Labute approximate surface area is 180 Å². The van der Waals surface area contributed by atoms with E-state index in [9.17, 15) is 5.11 Å². The van der Waals surface area contributed by atoms with Crippen molar-refractivity contribution in [3.05, 3.63) is 65.7 Å². The molecule has 1 atom stereocenters. The molecule has 0 radical (unpaired) electrons.